The topological polar surface area (TPSA) is 12.0 Å². The molecule has 1 nitrogen and oxygen atoms in total. The molecule has 1 aromatic carbocycles. The van der Waals surface area contributed by atoms with Crippen molar-refractivity contribution in [1.29, 1.82) is 0 Å². The quantitative estimate of drug-likeness (QED) is 0.836. The van der Waals surface area contributed by atoms with Gasteiger partial charge < -0.3 is 5.32 Å². The van der Waals surface area contributed by atoms with Crippen LogP contribution in [0.4, 0.5) is 0 Å². The van der Waals surface area contributed by atoms with Gasteiger partial charge >= 0.3 is 0 Å². The molecule has 0 aliphatic carbocycles. The van der Waals surface area contributed by atoms with E-state index in [4.69, 9.17) is 0 Å². The highest BCUT2D eigenvalue weighted by Crippen LogP contribution is 2.15. The van der Waals surface area contributed by atoms with Crippen LogP contribution in [-0.2, 0) is 12.8 Å². The van der Waals surface area contributed by atoms with Crippen molar-refractivity contribution in [2.45, 2.75) is 25.3 Å². The molecule has 1 N–H and O–H groups in total. The molecule has 0 fully saturated rings. The van der Waals surface area contributed by atoms with Crippen molar-refractivity contribution < 1.29 is 0 Å². The number of hydrogen-bond donors (Lipinski definition) is 1. The Morgan fingerprint density at radius 3 is 2.83 bits per heavy atom. The number of thiophene rings is 1. The summed E-state index contributed by atoms with van der Waals surface area (Å²) in [5.41, 5.74) is 2.84. The third kappa shape index (κ3) is 4.23. The summed E-state index contributed by atoms with van der Waals surface area (Å²) in [6.45, 7) is 0. The minimum absolute atomic E-state index is 0.541. The third-order valence-corrected chi connectivity index (χ3v) is 4.37. The number of rotatable bonds is 6. The van der Waals surface area contributed by atoms with Crippen LogP contribution >= 0.6 is 27.3 Å². The molecule has 0 aliphatic rings. The minimum Gasteiger partial charge on any atom is -0.317 e. The van der Waals surface area contributed by atoms with E-state index in [2.05, 4.69) is 69.4 Å². The van der Waals surface area contributed by atoms with Crippen LogP contribution in [0.1, 0.15) is 17.5 Å². The van der Waals surface area contributed by atoms with Gasteiger partial charge in [0.1, 0.15) is 0 Å². The average molecular weight is 324 g/mol. The molecule has 1 atom stereocenters. The maximum absolute atomic E-state index is 3.53. The fraction of sp³-hybridized carbons (Fsp3) is 0.333. The van der Waals surface area contributed by atoms with Gasteiger partial charge in [0.15, 0.2) is 0 Å². The van der Waals surface area contributed by atoms with Crippen LogP contribution in [0.25, 0.3) is 0 Å². The highest BCUT2D eigenvalue weighted by Gasteiger charge is 2.08. The zero-order valence-electron chi connectivity index (χ0n) is 10.5. The Hall–Kier alpha value is -0.640. The van der Waals surface area contributed by atoms with Crippen molar-refractivity contribution in [1.82, 2.24) is 5.32 Å². The number of likely N-dealkylation sites (N-methyl/N-ethyl adjacent to an activating group) is 1. The van der Waals surface area contributed by atoms with Crippen molar-refractivity contribution >= 4 is 27.3 Å². The largest absolute Gasteiger partial charge is 0.317 e. The highest BCUT2D eigenvalue weighted by atomic mass is 79.9. The van der Waals surface area contributed by atoms with Crippen LogP contribution in [-0.4, -0.2) is 13.1 Å². The number of hydrogen-bond acceptors (Lipinski definition) is 2. The summed E-state index contributed by atoms with van der Waals surface area (Å²) in [6.07, 6.45) is 3.42. The fourth-order valence-corrected chi connectivity index (χ4v) is 3.22. The van der Waals surface area contributed by atoms with E-state index in [1.165, 1.54) is 17.5 Å². The molecule has 0 spiro atoms. The zero-order chi connectivity index (χ0) is 12.8. The molecule has 0 aliphatic heterocycles. The lowest BCUT2D eigenvalue weighted by Crippen LogP contribution is -2.28. The molecule has 2 aromatic rings. The molecule has 1 heterocycles. The molecule has 0 saturated carbocycles. The van der Waals surface area contributed by atoms with Crippen molar-refractivity contribution in [3.8, 4) is 0 Å². The molecular weight excluding hydrogens is 306 g/mol. The van der Waals surface area contributed by atoms with E-state index in [1.807, 2.05) is 0 Å². The van der Waals surface area contributed by atoms with E-state index in [0.717, 1.165) is 17.3 Å². The minimum atomic E-state index is 0.541. The Morgan fingerprint density at radius 1 is 1.28 bits per heavy atom. The van der Waals surface area contributed by atoms with Gasteiger partial charge in [0.2, 0.25) is 0 Å². The van der Waals surface area contributed by atoms with Gasteiger partial charge in [0, 0.05) is 10.5 Å². The third-order valence-electron chi connectivity index (χ3n) is 3.14. The normalized spacial score (nSPS) is 12.6. The second kappa shape index (κ2) is 7.07. The lowest BCUT2D eigenvalue weighted by Gasteiger charge is -2.16. The van der Waals surface area contributed by atoms with E-state index in [0.29, 0.717) is 6.04 Å². The van der Waals surface area contributed by atoms with Gasteiger partial charge in [-0.3, -0.25) is 0 Å². The maximum atomic E-state index is 3.53. The van der Waals surface area contributed by atoms with Gasteiger partial charge in [-0.25, -0.2) is 0 Å². The van der Waals surface area contributed by atoms with Gasteiger partial charge in [-0.2, -0.15) is 11.3 Å². The second-order valence-corrected chi connectivity index (χ2v) is 6.19. The first kappa shape index (κ1) is 13.8. The first-order chi connectivity index (χ1) is 8.78. The van der Waals surface area contributed by atoms with Crippen molar-refractivity contribution in [3.63, 3.8) is 0 Å². The molecule has 18 heavy (non-hydrogen) atoms. The smallest absolute Gasteiger partial charge is 0.0178 e. The maximum Gasteiger partial charge on any atom is 0.0178 e. The Balaban J connectivity index is 1.89. The molecule has 0 amide bonds. The van der Waals surface area contributed by atoms with Gasteiger partial charge in [-0.15, -0.1) is 0 Å². The molecule has 0 bridgehead atoms. The van der Waals surface area contributed by atoms with E-state index in [9.17, 15) is 0 Å². The summed E-state index contributed by atoms with van der Waals surface area (Å²) in [5.74, 6) is 0. The number of nitrogens with one attached hydrogen (secondary N) is 1. The molecule has 1 aromatic heterocycles. The van der Waals surface area contributed by atoms with Crippen molar-refractivity contribution in [2.24, 2.45) is 0 Å². The monoisotopic (exact) mass is 323 g/mol. The molecule has 2 rings (SSSR count). The Labute approximate surface area is 121 Å². The summed E-state index contributed by atoms with van der Waals surface area (Å²) >= 11 is 5.30. The van der Waals surface area contributed by atoms with E-state index in [-0.39, 0.29) is 0 Å². The summed E-state index contributed by atoms with van der Waals surface area (Å²) in [7, 11) is 2.05. The molecule has 3 heteroatoms. The Kier molecular flexibility index (Phi) is 5.42. The first-order valence-electron chi connectivity index (χ1n) is 6.20. The molecule has 1 unspecified atom stereocenters. The van der Waals surface area contributed by atoms with Gasteiger partial charge in [0.05, 0.1) is 0 Å². The SMILES string of the molecule is CNC(CCc1ccsc1)Cc1cccc(Br)c1. The van der Waals surface area contributed by atoms with Crippen LogP contribution in [0.3, 0.4) is 0 Å². The standard InChI is InChI=1S/C15H18BrNS/c1-17-15(6-5-12-7-8-18-11-12)10-13-3-2-4-14(16)9-13/h2-4,7-9,11,15,17H,5-6,10H2,1H3. The molecule has 0 saturated heterocycles. The zero-order valence-corrected chi connectivity index (χ0v) is 12.9. The number of halogens is 1. The van der Waals surface area contributed by atoms with Gasteiger partial charge in [-0.1, -0.05) is 28.1 Å². The molecule has 0 radical (unpaired) electrons. The van der Waals surface area contributed by atoms with Gasteiger partial charge in [0.25, 0.3) is 0 Å². The first-order valence-corrected chi connectivity index (χ1v) is 7.94. The predicted molar refractivity (Wildman–Crippen MR) is 83.3 cm³/mol. The molecule has 96 valence electrons. The van der Waals surface area contributed by atoms with Crippen molar-refractivity contribution in [3.05, 3.63) is 56.7 Å². The van der Waals surface area contributed by atoms with Crippen LogP contribution in [0.2, 0.25) is 0 Å². The number of aryl methyl sites for hydroxylation is 1. The Bertz CT molecular complexity index is 467. The average Bonchev–Trinajstić information content (AvgIpc) is 2.87. The lowest BCUT2D eigenvalue weighted by atomic mass is 10.0. The van der Waals surface area contributed by atoms with E-state index < -0.39 is 0 Å². The van der Waals surface area contributed by atoms with Crippen LogP contribution in [0.15, 0.2) is 45.6 Å². The number of benzene rings is 1. The predicted octanol–water partition coefficient (Wildman–Crippen LogP) is 4.27. The summed E-state index contributed by atoms with van der Waals surface area (Å²) in [5, 5.41) is 7.81. The van der Waals surface area contributed by atoms with E-state index in [1.54, 1.807) is 11.3 Å². The van der Waals surface area contributed by atoms with Crippen molar-refractivity contribution in [2.75, 3.05) is 7.05 Å². The van der Waals surface area contributed by atoms with Crippen LogP contribution in [0.5, 0.6) is 0 Å². The summed E-state index contributed by atoms with van der Waals surface area (Å²) < 4.78 is 1.16. The highest BCUT2D eigenvalue weighted by molar-refractivity contribution is 9.10. The van der Waals surface area contributed by atoms with Crippen LogP contribution < -0.4 is 5.32 Å². The summed E-state index contributed by atoms with van der Waals surface area (Å²) in [4.78, 5) is 0. The lowest BCUT2D eigenvalue weighted by molar-refractivity contribution is 0.520. The fourth-order valence-electron chi connectivity index (χ4n) is 2.07. The van der Waals surface area contributed by atoms with Gasteiger partial charge in [-0.05, 0) is 66.4 Å². The Morgan fingerprint density at radius 2 is 2.17 bits per heavy atom. The van der Waals surface area contributed by atoms with Crippen LogP contribution in [0, 0.1) is 0 Å². The summed E-state index contributed by atoms with van der Waals surface area (Å²) in [6, 6.07) is 11.3. The second-order valence-electron chi connectivity index (χ2n) is 4.49. The van der Waals surface area contributed by atoms with E-state index >= 15 is 0 Å². The molecular formula is C15H18BrNS.